The minimum atomic E-state index is 1.21. The molecule has 0 saturated carbocycles. The minimum Gasteiger partial charge on any atom is -0.0622 e. The fourth-order valence-electron chi connectivity index (χ4n) is 8.08. The monoisotopic (exact) mass is 658 g/mol. The standard InChI is InChI=1S/C52H34/c1-2-14-37(15-3-1)52-50-46(22-10-24-48(50)44-20-8-18-40(32-44)42-28-26-35-12-4-6-16-38(35)30-42)34-47-23-11-25-49(51(47)52)45-21-9-19-41(33-45)43-29-27-36-13-5-7-17-39(36)31-43/h1-34H. The zero-order valence-electron chi connectivity index (χ0n) is 28.6. The molecule has 0 N–H and O–H groups in total. The summed E-state index contributed by atoms with van der Waals surface area (Å²) in [6.07, 6.45) is 0. The van der Waals surface area contributed by atoms with E-state index in [2.05, 4.69) is 206 Å². The van der Waals surface area contributed by atoms with Crippen molar-refractivity contribution < 1.29 is 0 Å². The Balaban J connectivity index is 1.20. The van der Waals surface area contributed by atoms with E-state index in [1.165, 1.54) is 98.7 Å². The van der Waals surface area contributed by atoms with Crippen LogP contribution in [0, 0.1) is 0 Å². The van der Waals surface area contributed by atoms with Crippen LogP contribution in [-0.2, 0) is 0 Å². The summed E-state index contributed by atoms with van der Waals surface area (Å²) in [6, 6.07) is 75.7. The van der Waals surface area contributed by atoms with Crippen molar-refractivity contribution in [3.63, 3.8) is 0 Å². The van der Waals surface area contributed by atoms with Crippen LogP contribution in [0.15, 0.2) is 206 Å². The van der Waals surface area contributed by atoms with E-state index in [4.69, 9.17) is 0 Å². The number of hydrogen-bond donors (Lipinski definition) is 0. The van der Waals surface area contributed by atoms with E-state index in [0.29, 0.717) is 0 Å². The van der Waals surface area contributed by atoms with Gasteiger partial charge in [0.25, 0.3) is 0 Å². The SMILES string of the molecule is c1ccc(-c2c3c(-c4cccc(-c5ccc6ccccc6c5)c4)cccc3cc3cccc(-c4cccc(-c5ccc6ccccc6c5)c4)c23)cc1. The molecule has 242 valence electrons. The van der Waals surface area contributed by atoms with Gasteiger partial charge >= 0.3 is 0 Å². The number of rotatable bonds is 5. The molecule has 0 aliphatic heterocycles. The molecule has 0 amide bonds. The molecule has 0 atom stereocenters. The zero-order valence-corrected chi connectivity index (χ0v) is 28.6. The second-order valence-corrected chi connectivity index (χ2v) is 13.7. The average Bonchev–Trinajstić information content (AvgIpc) is 3.22. The van der Waals surface area contributed by atoms with Crippen molar-refractivity contribution in [3.8, 4) is 55.6 Å². The summed E-state index contributed by atoms with van der Waals surface area (Å²) < 4.78 is 0. The van der Waals surface area contributed by atoms with Crippen LogP contribution in [0.2, 0.25) is 0 Å². The predicted molar refractivity (Wildman–Crippen MR) is 224 cm³/mol. The molecule has 0 unspecified atom stereocenters. The normalized spacial score (nSPS) is 11.5. The van der Waals surface area contributed by atoms with Gasteiger partial charge in [-0.2, -0.15) is 0 Å². The first-order valence-electron chi connectivity index (χ1n) is 18.0. The summed E-state index contributed by atoms with van der Waals surface area (Å²) in [4.78, 5) is 0. The van der Waals surface area contributed by atoms with Gasteiger partial charge in [-0.1, -0.05) is 176 Å². The van der Waals surface area contributed by atoms with Gasteiger partial charge in [0.1, 0.15) is 0 Å². The molecule has 0 aliphatic carbocycles. The molecule has 0 heteroatoms. The molecule has 0 fully saturated rings. The van der Waals surface area contributed by atoms with Crippen molar-refractivity contribution in [3.05, 3.63) is 206 Å². The highest BCUT2D eigenvalue weighted by Gasteiger charge is 2.18. The molecular formula is C52H34. The molecule has 10 aromatic carbocycles. The average molecular weight is 659 g/mol. The first-order chi connectivity index (χ1) is 25.8. The Labute approximate surface area is 303 Å². The van der Waals surface area contributed by atoms with Crippen LogP contribution in [0.1, 0.15) is 0 Å². The van der Waals surface area contributed by atoms with Gasteiger partial charge in [0.15, 0.2) is 0 Å². The molecule has 0 radical (unpaired) electrons. The number of benzene rings is 10. The molecule has 10 rings (SSSR count). The van der Waals surface area contributed by atoms with Crippen molar-refractivity contribution in [2.45, 2.75) is 0 Å². The molecule has 10 aromatic rings. The summed E-state index contributed by atoms with van der Waals surface area (Å²) in [6.45, 7) is 0. The Morgan fingerprint density at radius 3 is 1.10 bits per heavy atom. The molecular weight excluding hydrogens is 625 g/mol. The maximum absolute atomic E-state index is 2.38. The highest BCUT2D eigenvalue weighted by Crippen LogP contribution is 2.45. The number of fused-ring (bicyclic) bond motifs is 4. The van der Waals surface area contributed by atoms with E-state index in [1.807, 2.05) is 0 Å². The minimum absolute atomic E-state index is 1.21. The Bertz CT molecular complexity index is 2770. The van der Waals surface area contributed by atoms with Gasteiger partial charge in [0, 0.05) is 0 Å². The Kier molecular flexibility index (Phi) is 7.25. The van der Waals surface area contributed by atoms with Gasteiger partial charge in [-0.15, -0.1) is 0 Å². The Morgan fingerprint density at radius 2 is 0.577 bits per heavy atom. The molecule has 0 aliphatic rings. The lowest BCUT2D eigenvalue weighted by Crippen LogP contribution is -1.92. The summed E-state index contributed by atoms with van der Waals surface area (Å²) in [7, 11) is 0. The Hall–Kier alpha value is -6.76. The summed E-state index contributed by atoms with van der Waals surface area (Å²) in [5.41, 5.74) is 12.3. The predicted octanol–water partition coefficient (Wildman–Crippen LogP) is 14.6. The van der Waals surface area contributed by atoms with E-state index in [-0.39, 0.29) is 0 Å². The lowest BCUT2D eigenvalue weighted by Gasteiger charge is -2.19. The van der Waals surface area contributed by atoms with Crippen molar-refractivity contribution >= 4 is 43.1 Å². The van der Waals surface area contributed by atoms with Gasteiger partial charge in [0.05, 0.1) is 0 Å². The second-order valence-electron chi connectivity index (χ2n) is 13.7. The molecule has 0 heterocycles. The lowest BCUT2D eigenvalue weighted by molar-refractivity contribution is 1.61. The third kappa shape index (κ3) is 5.25. The smallest absolute Gasteiger partial charge is 0.00143 e. The van der Waals surface area contributed by atoms with E-state index in [0.717, 1.165) is 0 Å². The van der Waals surface area contributed by atoms with E-state index in [9.17, 15) is 0 Å². The summed E-state index contributed by atoms with van der Waals surface area (Å²) >= 11 is 0. The fraction of sp³-hybridized carbons (Fsp3) is 0. The van der Waals surface area contributed by atoms with E-state index in [1.54, 1.807) is 0 Å². The quantitative estimate of drug-likeness (QED) is 0.161. The maximum Gasteiger partial charge on any atom is -0.00143 e. The van der Waals surface area contributed by atoms with Crippen molar-refractivity contribution in [1.29, 1.82) is 0 Å². The van der Waals surface area contributed by atoms with Gasteiger partial charge in [0.2, 0.25) is 0 Å². The summed E-state index contributed by atoms with van der Waals surface area (Å²) in [5, 5.41) is 10.1. The van der Waals surface area contributed by atoms with Crippen molar-refractivity contribution in [2.75, 3.05) is 0 Å². The van der Waals surface area contributed by atoms with Crippen LogP contribution < -0.4 is 0 Å². The highest BCUT2D eigenvalue weighted by molar-refractivity contribution is 6.21. The van der Waals surface area contributed by atoms with Crippen LogP contribution >= 0.6 is 0 Å². The van der Waals surface area contributed by atoms with E-state index < -0.39 is 0 Å². The topological polar surface area (TPSA) is 0 Å². The maximum atomic E-state index is 2.38. The van der Waals surface area contributed by atoms with Crippen molar-refractivity contribution in [2.24, 2.45) is 0 Å². The van der Waals surface area contributed by atoms with Crippen LogP contribution in [0.3, 0.4) is 0 Å². The molecule has 52 heavy (non-hydrogen) atoms. The zero-order chi connectivity index (χ0) is 34.4. The largest absolute Gasteiger partial charge is 0.0622 e. The molecule has 0 aromatic heterocycles. The van der Waals surface area contributed by atoms with Gasteiger partial charge in [-0.3, -0.25) is 0 Å². The van der Waals surface area contributed by atoms with Gasteiger partial charge in [-0.25, -0.2) is 0 Å². The summed E-state index contributed by atoms with van der Waals surface area (Å²) in [5.74, 6) is 0. The number of hydrogen-bond acceptors (Lipinski definition) is 0. The Morgan fingerprint density at radius 1 is 0.192 bits per heavy atom. The fourth-order valence-corrected chi connectivity index (χ4v) is 8.08. The van der Waals surface area contributed by atoms with Gasteiger partial charge < -0.3 is 0 Å². The van der Waals surface area contributed by atoms with Crippen LogP contribution in [0.4, 0.5) is 0 Å². The third-order valence-electron chi connectivity index (χ3n) is 10.6. The first-order valence-corrected chi connectivity index (χ1v) is 18.0. The van der Waals surface area contributed by atoms with Crippen LogP contribution in [0.25, 0.3) is 98.7 Å². The van der Waals surface area contributed by atoms with Crippen molar-refractivity contribution in [1.82, 2.24) is 0 Å². The molecule has 0 bridgehead atoms. The highest BCUT2D eigenvalue weighted by atomic mass is 14.2. The molecule has 0 spiro atoms. The van der Waals surface area contributed by atoms with E-state index >= 15 is 0 Å². The molecule has 0 saturated heterocycles. The van der Waals surface area contributed by atoms with Gasteiger partial charge in [-0.05, 0) is 129 Å². The van der Waals surface area contributed by atoms with Crippen LogP contribution in [-0.4, -0.2) is 0 Å². The van der Waals surface area contributed by atoms with Crippen LogP contribution in [0.5, 0.6) is 0 Å². The third-order valence-corrected chi connectivity index (χ3v) is 10.6. The second kappa shape index (κ2) is 12.5. The first kappa shape index (κ1) is 30.1. The lowest BCUT2D eigenvalue weighted by atomic mass is 9.84. The molecule has 0 nitrogen and oxygen atoms in total.